The molecule has 29 heavy (non-hydrogen) atoms. The normalized spacial score (nSPS) is 12.1. The van der Waals surface area contributed by atoms with Crippen molar-refractivity contribution in [2.24, 2.45) is 0 Å². The minimum Gasteiger partial charge on any atom is -0.344 e. The quantitative estimate of drug-likeness (QED) is 0.411. The highest BCUT2D eigenvalue weighted by Gasteiger charge is 2.17. The Morgan fingerprint density at radius 1 is 1.28 bits per heavy atom. The van der Waals surface area contributed by atoms with Crippen LogP contribution >= 0.6 is 34.8 Å². The Hall–Kier alpha value is -2.54. The number of halogens is 3. The van der Waals surface area contributed by atoms with Crippen LogP contribution in [0, 0.1) is 6.92 Å². The maximum atomic E-state index is 12.7. The van der Waals surface area contributed by atoms with Crippen molar-refractivity contribution in [1.29, 1.82) is 0 Å². The van der Waals surface area contributed by atoms with Crippen molar-refractivity contribution in [3.63, 3.8) is 0 Å². The summed E-state index contributed by atoms with van der Waals surface area (Å²) in [5, 5.41) is 1.24. The molecule has 0 aliphatic heterocycles. The third-order valence-electron chi connectivity index (χ3n) is 4.18. The zero-order valence-electron chi connectivity index (χ0n) is 15.6. The van der Waals surface area contributed by atoms with E-state index in [4.69, 9.17) is 34.8 Å². The summed E-state index contributed by atoms with van der Waals surface area (Å²) in [6, 6.07) is 4.57. The molecule has 6 nitrogen and oxygen atoms in total. The average Bonchev–Trinajstić information content (AvgIpc) is 3.21. The van der Waals surface area contributed by atoms with Crippen LogP contribution < -0.4 is 5.69 Å². The van der Waals surface area contributed by atoms with E-state index in [-0.39, 0.29) is 22.8 Å². The number of allylic oxidation sites excluding steroid dienone is 3. The highest BCUT2D eigenvalue weighted by Crippen LogP contribution is 2.23. The molecule has 0 spiro atoms. The molecule has 150 valence electrons. The van der Waals surface area contributed by atoms with Crippen LogP contribution in [0.1, 0.15) is 40.2 Å². The molecule has 0 aliphatic carbocycles. The Morgan fingerprint density at radius 2 is 2.03 bits per heavy atom. The van der Waals surface area contributed by atoms with E-state index >= 15 is 0 Å². The van der Waals surface area contributed by atoms with Crippen molar-refractivity contribution in [3.05, 3.63) is 90.6 Å². The standard InChI is InChI=1S/C20H17Cl3N4O2/c1-3-12(21)5-7-16-11(2)24-18(25-16)10-27-9-17(26-20(27)29)19(28)14-6-4-13(22)8-15(14)23/h3-9H,10H2,1-2H3,(H,24,25)(H,26,29)/b7-5-,12-3+. The summed E-state index contributed by atoms with van der Waals surface area (Å²) in [5.41, 5.74) is 1.51. The molecule has 0 atom stereocenters. The van der Waals surface area contributed by atoms with Crippen molar-refractivity contribution >= 4 is 46.7 Å². The van der Waals surface area contributed by atoms with Crippen molar-refractivity contribution in [1.82, 2.24) is 19.5 Å². The van der Waals surface area contributed by atoms with E-state index in [9.17, 15) is 9.59 Å². The Labute approximate surface area is 181 Å². The maximum Gasteiger partial charge on any atom is 0.326 e. The van der Waals surface area contributed by atoms with Gasteiger partial charge in [-0.25, -0.2) is 9.78 Å². The molecule has 0 fully saturated rings. The van der Waals surface area contributed by atoms with Gasteiger partial charge in [0.25, 0.3) is 0 Å². The molecule has 3 aromatic rings. The lowest BCUT2D eigenvalue weighted by molar-refractivity contribution is 0.103. The van der Waals surface area contributed by atoms with Gasteiger partial charge in [0.05, 0.1) is 17.3 Å². The smallest absolute Gasteiger partial charge is 0.326 e. The van der Waals surface area contributed by atoms with E-state index in [0.29, 0.717) is 21.6 Å². The number of benzene rings is 1. The van der Waals surface area contributed by atoms with Gasteiger partial charge < -0.3 is 9.97 Å². The van der Waals surface area contributed by atoms with E-state index in [1.807, 2.05) is 13.8 Å². The third-order valence-corrected chi connectivity index (χ3v) is 5.07. The van der Waals surface area contributed by atoms with E-state index in [2.05, 4.69) is 15.0 Å². The number of carbonyl (C=O) groups excluding carboxylic acids is 1. The SMILES string of the molecule is C/C=C(Cl)\C=C/c1nc(Cn2cc(C(=O)c3ccc(Cl)cc3Cl)[nH]c2=O)[nH]c1C. The van der Waals surface area contributed by atoms with E-state index < -0.39 is 11.5 Å². The average molecular weight is 452 g/mol. The van der Waals surface area contributed by atoms with Crippen molar-refractivity contribution in [2.45, 2.75) is 20.4 Å². The summed E-state index contributed by atoms with van der Waals surface area (Å²) in [6.45, 7) is 3.88. The van der Waals surface area contributed by atoms with Crippen LogP contribution in [0.25, 0.3) is 6.08 Å². The first-order chi connectivity index (χ1) is 13.8. The predicted octanol–water partition coefficient (Wildman–Crippen LogP) is 4.95. The number of carbonyl (C=O) groups is 1. The highest BCUT2D eigenvalue weighted by atomic mass is 35.5. The molecular formula is C20H17Cl3N4O2. The molecule has 0 aliphatic rings. The van der Waals surface area contributed by atoms with Gasteiger partial charge in [-0.15, -0.1) is 0 Å². The molecule has 1 aromatic carbocycles. The first-order valence-corrected chi connectivity index (χ1v) is 9.76. The van der Waals surface area contributed by atoms with Gasteiger partial charge in [0.1, 0.15) is 11.5 Å². The lowest BCUT2D eigenvalue weighted by atomic mass is 10.1. The summed E-state index contributed by atoms with van der Waals surface area (Å²) in [6.07, 6.45) is 6.74. The number of nitrogens with zero attached hydrogens (tertiary/aromatic N) is 2. The van der Waals surface area contributed by atoms with Crippen LogP contribution in [0.3, 0.4) is 0 Å². The summed E-state index contributed by atoms with van der Waals surface area (Å²) in [5.74, 6) is 0.172. The van der Waals surface area contributed by atoms with Crippen LogP contribution in [-0.4, -0.2) is 25.3 Å². The first kappa shape index (κ1) is 21.2. The van der Waals surface area contributed by atoms with Crippen molar-refractivity contribution < 1.29 is 4.79 Å². The van der Waals surface area contributed by atoms with Gasteiger partial charge >= 0.3 is 5.69 Å². The first-order valence-electron chi connectivity index (χ1n) is 8.63. The zero-order valence-corrected chi connectivity index (χ0v) is 17.9. The molecule has 0 unspecified atom stereocenters. The number of ketones is 1. The number of aryl methyl sites for hydroxylation is 1. The molecule has 0 saturated carbocycles. The molecular weight excluding hydrogens is 435 g/mol. The Balaban J connectivity index is 1.84. The lowest BCUT2D eigenvalue weighted by Gasteiger charge is -2.02. The summed E-state index contributed by atoms with van der Waals surface area (Å²) >= 11 is 17.9. The van der Waals surface area contributed by atoms with Gasteiger partial charge in [-0.2, -0.15) is 0 Å². The van der Waals surface area contributed by atoms with E-state index in [1.165, 1.54) is 22.9 Å². The number of imidazole rings is 2. The highest BCUT2D eigenvalue weighted by molar-refractivity contribution is 6.37. The number of rotatable bonds is 6. The van der Waals surface area contributed by atoms with Gasteiger partial charge in [-0.3, -0.25) is 9.36 Å². The van der Waals surface area contributed by atoms with Crippen molar-refractivity contribution in [3.8, 4) is 0 Å². The Morgan fingerprint density at radius 3 is 2.72 bits per heavy atom. The fraction of sp³-hybridized carbons (Fsp3) is 0.150. The molecule has 0 bridgehead atoms. The number of hydrogen-bond donors (Lipinski definition) is 2. The van der Waals surface area contributed by atoms with Crippen LogP contribution in [0.4, 0.5) is 0 Å². The monoisotopic (exact) mass is 450 g/mol. The number of H-pyrrole nitrogens is 2. The Bertz CT molecular complexity index is 1180. The molecule has 0 radical (unpaired) electrons. The van der Waals surface area contributed by atoms with E-state index in [1.54, 1.807) is 24.3 Å². The molecule has 2 N–H and O–H groups in total. The van der Waals surface area contributed by atoms with Crippen LogP contribution in [0.15, 0.2) is 46.4 Å². The topological polar surface area (TPSA) is 83.5 Å². The summed E-state index contributed by atoms with van der Waals surface area (Å²) < 4.78 is 1.36. The van der Waals surface area contributed by atoms with E-state index in [0.717, 1.165) is 5.69 Å². The fourth-order valence-corrected chi connectivity index (χ4v) is 3.23. The molecule has 0 amide bonds. The second-order valence-electron chi connectivity index (χ2n) is 6.25. The zero-order chi connectivity index (χ0) is 21.1. The maximum absolute atomic E-state index is 12.7. The molecule has 2 heterocycles. The molecule has 9 heteroatoms. The number of hydrogen-bond acceptors (Lipinski definition) is 3. The minimum absolute atomic E-state index is 0.127. The van der Waals surface area contributed by atoms with Gasteiger partial charge in [-0.05, 0) is 44.2 Å². The van der Waals surface area contributed by atoms with Crippen molar-refractivity contribution in [2.75, 3.05) is 0 Å². The molecule has 2 aromatic heterocycles. The lowest BCUT2D eigenvalue weighted by Crippen LogP contribution is -2.17. The summed E-state index contributed by atoms with van der Waals surface area (Å²) in [7, 11) is 0. The predicted molar refractivity (Wildman–Crippen MR) is 116 cm³/mol. The largest absolute Gasteiger partial charge is 0.344 e. The third kappa shape index (κ3) is 4.90. The molecule has 3 rings (SSSR count). The number of aromatic nitrogens is 4. The fourth-order valence-electron chi connectivity index (χ4n) is 2.68. The second kappa shape index (κ2) is 8.86. The summed E-state index contributed by atoms with van der Waals surface area (Å²) in [4.78, 5) is 35.1. The Kier molecular flexibility index (Phi) is 6.47. The number of nitrogens with one attached hydrogen (secondary N) is 2. The second-order valence-corrected chi connectivity index (χ2v) is 7.53. The molecule has 0 saturated heterocycles. The van der Waals surface area contributed by atoms with Gasteiger partial charge in [0, 0.05) is 27.5 Å². The number of aromatic amines is 2. The van der Waals surface area contributed by atoms with Crippen LogP contribution in [0.2, 0.25) is 10.0 Å². The van der Waals surface area contributed by atoms with Gasteiger partial charge in [-0.1, -0.05) is 40.9 Å². The van der Waals surface area contributed by atoms with Gasteiger partial charge in [0.2, 0.25) is 5.78 Å². The van der Waals surface area contributed by atoms with Gasteiger partial charge in [0.15, 0.2) is 0 Å². The van der Waals surface area contributed by atoms with Crippen LogP contribution in [0.5, 0.6) is 0 Å². The minimum atomic E-state index is -0.429. The van der Waals surface area contributed by atoms with Crippen LogP contribution in [-0.2, 0) is 6.54 Å².